The summed E-state index contributed by atoms with van der Waals surface area (Å²) in [5.74, 6) is -0.389. The van der Waals surface area contributed by atoms with Gasteiger partial charge in [0.15, 0.2) is 6.39 Å². The maximum atomic E-state index is 12.9. The average Bonchev–Trinajstić information content (AvgIpc) is 3.18. The molecule has 0 aliphatic carbocycles. The van der Waals surface area contributed by atoms with Crippen LogP contribution in [0.15, 0.2) is 41.3 Å². The summed E-state index contributed by atoms with van der Waals surface area (Å²) < 4.78 is 18.0. The fraction of sp³-hybridized carbons (Fsp3) is 0.375. The lowest BCUT2D eigenvalue weighted by Crippen LogP contribution is -2.40. The number of nitrogens with zero attached hydrogens (tertiary/aromatic N) is 3. The van der Waals surface area contributed by atoms with Crippen molar-refractivity contribution >= 4 is 5.91 Å². The number of aliphatic hydroxyl groups excluding tert-OH is 1. The Bertz CT molecular complexity index is 660. The zero-order valence-electron chi connectivity index (χ0n) is 12.7. The number of hydrogen-bond acceptors (Lipinski definition) is 5. The summed E-state index contributed by atoms with van der Waals surface area (Å²) >= 11 is 0. The third-order valence-corrected chi connectivity index (χ3v) is 4.10. The smallest absolute Gasteiger partial charge is 0.291 e. The molecule has 1 saturated heterocycles. The van der Waals surface area contributed by atoms with Crippen LogP contribution in [0.5, 0.6) is 0 Å². The van der Waals surface area contributed by atoms with Crippen molar-refractivity contribution < 1.29 is 18.7 Å². The highest BCUT2D eigenvalue weighted by molar-refractivity contribution is 5.91. The van der Waals surface area contributed by atoms with E-state index < -0.39 is 6.10 Å². The van der Waals surface area contributed by atoms with Crippen molar-refractivity contribution in [3.8, 4) is 0 Å². The lowest BCUT2D eigenvalue weighted by atomic mass is 10.1. The number of likely N-dealkylation sites (N-methyl/N-ethyl adjacent to an activating group) is 1. The van der Waals surface area contributed by atoms with E-state index in [0.717, 1.165) is 5.56 Å². The van der Waals surface area contributed by atoms with Crippen LogP contribution in [0.4, 0.5) is 4.39 Å². The maximum Gasteiger partial charge on any atom is 0.291 e. The van der Waals surface area contributed by atoms with E-state index in [4.69, 9.17) is 4.42 Å². The summed E-state index contributed by atoms with van der Waals surface area (Å²) in [4.78, 5) is 19.5. The molecule has 1 aromatic heterocycles. The van der Waals surface area contributed by atoms with E-state index >= 15 is 0 Å². The molecule has 1 fully saturated rings. The molecule has 0 unspecified atom stereocenters. The molecule has 0 bridgehead atoms. The summed E-state index contributed by atoms with van der Waals surface area (Å²) in [6.45, 7) is 1.21. The van der Waals surface area contributed by atoms with Crippen molar-refractivity contribution in [1.29, 1.82) is 0 Å². The second-order valence-electron chi connectivity index (χ2n) is 5.75. The predicted octanol–water partition coefficient (Wildman–Crippen LogP) is 1.13. The number of carbonyl (C=O) groups is 1. The van der Waals surface area contributed by atoms with Crippen LogP contribution >= 0.6 is 0 Å². The Morgan fingerprint density at radius 2 is 2.17 bits per heavy atom. The molecule has 7 heteroatoms. The van der Waals surface area contributed by atoms with E-state index in [-0.39, 0.29) is 30.1 Å². The van der Waals surface area contributed by atoms with Gasteiger partial charge in [0, 0.05) is 19.6 Å². The quantitative estimate of drug-likeness (QED) is 0.915. The molecule has 0 saturated carbocycles. The highest BCUT2D eigenvalue weighted by Crippen LogP contribution is 2.19. The summed E-state index contributed by atoms with van der Waals surface area (Å²) in [5.41, 5.74) is 0.945. The van der Waals surface area contributed by atoms with Gasteiger partial charge in [0.1, 0.15) is 5.82 Å². The van der Waals surface area contributed by atoms with Gasteiger partial charge in [0.2, 0.25) is 5.76 Å². The zero-order chi connectivity index (χ0) is 16.4. The zero-order valence-corrected chi connectivity index (χ0v) is 12.7. The molecule has 23 heavy (non-hydrogen) atoms. The Balaban J connectivity index is 1.64. The predicted molar refractivity (Wildman–Crippen MR) is 80.1 cm³/mol. The summed E-state index contributed by atoms with van der Waals surface area (Å²) in [5, 5.41) is 10.3. The highest BCUT2D eigenvalue weighted by Gasteiger charge is 2.37. The molecule has 1 aromatic carbocycles. The number of likely N-dealkylation sites (tertiary alicyclic amines) is 1. The first-order valence-corrected chi connectivity index (χ1v) is 7.35. The average molecular weight is 319 g/mol. The monoisotopic (exact) mass is 319 g/mol. The van der Waals surface area contributed by atoms with Crippen LogP contribution in [0.3, 0.4) is 0 Å². The van der Waals surface area contributed by atoms with Gasteiger partial charge in [0.25, 0.3) is 5.91 Å². The standard InChI is InChI=1S/C16H18FN3O3/c1-19(7-11-2-4-12(17)5-3-11)13-8-20(9-14(13)21)16(22)15-6-18-10-23-15/h2-6,10,13-14,21H,7-9H2,1H3/t13-,14-/m1/s1. The molecule has 2 atom stereocenters. The van der Waals surface area contributed by atoms with Gasteiger partial charge in [0.05, 0.1) is 18.3 Å². The van der Waals surface area contributed by atoms with Crippen LogP contribution in [0.1, 0.15) is 16.1 Å². The lowest BCUT2D eigenvalue weighted by Gasteiger charge is -2.26. The lowest BCUT2D eigenvalue weighted by molar-refractivity contribution is 0.0732. The summed E-state index contributed by atoms with van der Waals surface area (Å²) in [7, 11) is 1.87. The molecule has 2 heterocycles. The minimum atomic E-state index is -0.646. The fourth-order valence-electron chi connectivity index (χ4n) is 2.84. The topological polar surface area (TPSA) is 69.8 Å². The summed E-state index contributed by atoms with van der Waals surface area (Å²) in [6, 6.07) is 6.06. The van der Waals surface area contributed by atoms with E-state index in [2.05, 4.69) is 4.98 Å². The molecule has 1 N–H and O–H groups in total. The van der Waals surface area contributed by atoms with E-state index in [9.17, 15) is 14.3 Å². The Morgan fingerprint density at radius 3 is 2.83 bits per heavy atom. The van der Waals surface area contributed by atoms with Crippen LogP contribution in [-0.4, -0.2) is 58.1 Å². The number of benzene rings is 1. The highest BCUT2D eigenvalue weighted by atomic mass is 19.1. The van der Waals surface area contributed by atoms with Crippen LogP contribution < -0.4 is 0 Å². The number of aliphatic hydroxyl groups is 1. The second-order valence-corrected chi connectivity index (χ2v) is 5.75. The molecule has 2 aromatic rings. The number of halogens is 1. The number of rotatable bonds is 4. The van der Waals surface area contributed by atoms with Gasteiger partial charge in [-0.05, 0) is 24.7 Å². The van der Waals surface area contributed by atoms with Crippen molar-refractivity contribution in [2.45, 2.75) is 18.7 Å². The molecule has 1 amide bonds. The third kappa shape index (κ3) is 3.40. The summed E-state index contributed by atoms with van der Waals surface area (Å²) in [6.07, 6.45) is 1.93. The van der Waals surface area contributed by atoms with E-state index in [1.165, 1.54) is 24.7 Å². The van der Waals surface area contributed by atoms with Gasteiger partial charge in [-0.3, -0.25) is 9.69 Å². The normalized spacial score (nSPS) is 21.1. The third-order valence-electron chi connectivity index (χ3n) is 4.10. The molecule has 122 valence electrons. The number of aromatic nitrogens is 1. The van der Waals surface area contributed by atoms with Gasteiger partial charge in [-0.15, -0.1) is 0 Å². The molecule has 0 spiro atoms. The van der Waals surface area contributed by atoms with Gasteiger partial charge in [-0.2, -0.15) is 0 Å². The molecule has 0 radical (unpaired) electrons. The van der Waals surface area contributed by atoms with Gasteiger partial charge in [-0.1, -0.05) is 12.1 Å². The van der Waals surface area contributed by atoms with Crippen LogP contribution in [-0.2, 0) is 6.54 Å². The fourth-order valence-corrected chi connectivity index (χ4v) is 2.84. The molecule has 6 nitrogen and oxygen atoms in total. The first-order chi connectivity index (χ1) is 11.0. The Morgan fingerprint density at radius 1 is 1.43 bits per heavy atom. The van der Waals surface area contributed by atoms with Crippen LogP contribution in [0, 0.1) is 5.82 Å². The van der Waals surface area contributed by atoms with Crippen molar-refractivity contribution in [3.05, 3.63) is 54.0 Å². The van der Waals surface area contributed by atoms with Crippen LogP contribution in [0.25, 0.3) is 0 Å². The van der Waals surface area contributed by atoms with E-state index in [0.29, 0.717) is 13.1 Å². The number of amides is 1. The number of β-amino-alcohol motifs (C(OH)–C–C–N with tert-alkyl or cyclic N) is 1. The maximum absolute atomic E-state index is 12.9. The molecular weight excluding hydrogens is 301 g/mol. The minimum absolute atomic E-state index is 0.166. The van der Waals surface area contributed by atoms with E-state index in [1.54, 1.807) is 17.0 Å². The second kappa shape index (κ2) is 6.47. The molecule has 3 rings (SSSR count). The molecule has 1 aliphatic heterocycles. The van der Waals surface area contributed by atoms with Crippen molar-refractivity contribution in [3.63, 3.8) is 0 Å². The Kier molecular flexibility index (Phi) is 4.40. The number of oxazole rings is 1. The number of hydrogen-bond donors (Lipinski definition) is 1. The van der Waals surface area contributed by atoms with Crippen molar-refractivity contribution in [2.24, 2.45) is 0 Å². The molecule has 1 aliphatic rings. The van der Waals surface area contributed by atoms with Crippen LogP contribution in [0.2, 0.25) is 0 Å². The van der Waals surface area contributed by atoms with Gasteiger partial charge < -0.3 is 14.4 Å². The molecular formula is C16H18FN3O3. The first kappa shape index (κ1) is 15.6. The van der Waals surface area contributed by atoms with Crippen molar-refractivity contribution in [2.75, 3.05) is 20.1 Å². The van der Waals surface area contributed by atoms with Crippen molar-refractivity contribution in [1.82, 2.24) is 14.8 Å². The number of carbonyl (C=O) groups excluding carboxylic acids is 1. The minimum Gasteiger partial charge on any atom is -0.438 e. The first-order valence-electron chi connectivity index (χ1n) is 7.35. The van der Waals surface area contributed by atoms with Gasteiger partial charge >= 0.3 is 0 Å². The SMILES string of the molecule is CN(Cc1ccc(F)cc1)[C@@H]1CN(C(=O)c2cnco2)C[C@H]1O. The Labute approximate surface area is 133 Å². The largest absolute Gasteiger partial charge is 0.438 e. The van der Waals surface area contributed by atoms with Gasteiger partial charge in [-0.25, -0.2) is 9.37 Å². The Hall–Kier alpha value is -2.25. The van der Waals surface area contributed by atoms with E-state index in [1.807, 2.05) is 11.9 Å².